The van der Waals surface area contributed by atoms with Gasteiger partial charge in [-0.15, -0.1) is 0 Å². The number of nitrogens with one attached hydrogen (secondary N) is 1. The van der Waals surface area contributed by atoms with Gasteiger partial charge in [-0.2, -0.15) is 5.10 Å². The lowest BCUT2D eigenvalue weighted by atomic mass is 10.1. The lowest BCUT2D eigenvalue weighted by Gasteiger charge is -2.27. The Morgan fingerprint density at radius 3 is 2.79 bits per heavy atom. The van der Waals surface area contributed by atoms with Crippen LogP contribution < -0.4 is 10.1 Å². The Hall–Kier alpha value is -3.65. The maximum absolute atomic E-state index is 14.0. The van der Waals surface area contributed by atoms with Crippen LogP contribution in [0.1, 0.15) is 24.7 Å². The average Bonchev–Trinajstić information content (AvgIpc) is 3.32. The molecule has 2 atom stereocenters. The second kappa shape index (κ2) is 10.1. The summed E-state index contributed by atoms with van der Waals surface area (Å²) in [6, 6.07) is 13.6. The summed E-state index contributed by atoms with van der Waals surface area (Å²) in [6.07, 6.45) is 7.22. The molecule has 7 nitrogen and oxygen atoms in total. The maximum atomic E-state index is 14.0. The van der Waals surface area contributed by atoms with Gasteiger partial charge in [0.05, 0.1) is 5.69 Å². The number of aryl methyl sites for hydroxylation is 1. The van der Waals surface area contributed by atoms with Crippen LogP contribution in [-0.4, -0.2) is 50.1 Å². The van der Waals surface area contributed by atoms with Crippen LogP contribution in [0.15, 0.2) is 67.3 Å². The molecule has 0 saturated carbocycles. The smallest absolute Gasteiger partial charge is 0.149 e. The van der Waals surface area contributed by atoms with Crippen molar-refractivity contribution in [2.24, 2.45) is 0 Å². The van der Waals surface area contributed by atoms with Crippen LogP contribution in [0.5, 0.6) is 5.75 Å². The summed E-state index contributed by atoms with van der Waals surface area (Å²) in [6.45, 7) is 3.94. The Balaban J connectivity index is 1.34. The maximum Gasteiger partial charge on any atom is 0.149 e. The van der Waals surface area contributed by atoms with E-state index in [2.05, 4.69) is 22.2 Å². The summed E-state index contributed by atoms with van der Waals surface area (Å²) >= 11 is 0. The van der Waals surface area contributed by atoms with Crippen LogP contribution in [-0.2, 0) is 13.0 Å². The van der Waals surface area contributed by atoms with Crippen molar-refractivity contribution < 1.29 is 9.13 Å². The van der Waals surface area contributed by atoms with Gasteiger partial charge in [-0.05, 0) is 55.8 Å². The first-order valence-corrected chi connectivity index (χ1v) is 11.6. The van der Waals surface area contributed by atoms with E-state index >= 15 is 0 Å². The second-order valence-corrected chi connectivity index (χ2v) is 8.33. The van der Waals surface area contributed by atoms with Crippen LogP contribution in [0.2, 0.25) is 0 Å². The quantitative estimate of drug-likeness (QED) is 0.450. The predicted octanol–water partition coefficient (Wildman–Crippen LogP) is 4.09. The molecule has 1 aliphatic heterocycles. The van der Waals surface area contributed by atoms with E-state index in [1.165, 1.54) is 0 Å². The monoisotopic (exact) mass is 458 g/mol. The Bertz CT molecular complexity index is 1230. The van der Waals surface area contributed by atoms with Crippen molar-refractivity contribution in [1.29, 1.82) is 0 Å². The van der Waals surface area contributed by atoms with Crippen molar-refractivity contribution in [2.75, 3.05) is 13.1 Å². The molecule has 0 radical (unpaired) electrons. The molecule has 3 aromatic heterocycles. The van der Waals surface area contributed by atoms with E-state index in [-0.39, 0.29) is 0 Å². The number of hydrogen-bond donors (Lipinski definition) is 1. The zero-order valence-electron chi connectivity index (χ0n) is 19.1. The third-order valence-electron chi connectivity index (χ3n) is 5.92. The van der Waals surface area contributed by atoms with E-state index in [0.717, 1.165) is 47.0 Å². The first-order valence-electron chi connectivity index (χ1n) is 11.6. The highest BCUT2D eigenvalue weighted by molar-refractivity contribution is 5.78. The number of benzene rings is 1. The highest BCUT2D eigenvalue weighted by Crippen LogP contribution is 2.29. The minimum Gasteiger partial charge on any atom is -0.487 e. The number of piperidine rings is 1. The standard InChI is InChI=1S/C26H27FN6O/c1-2-33-17-21(26(32-33)19-4-3-11-28-15-19)23-9-13-30-25(31-23)14-18-5-7-20(8-6-18)34-24-10-12-29-16-22(24)27/h3-9,11,13,15,17,22,24,29H,2,10,12,14,16H2,1H3. The molecule has 1 fully saturated rings. The van der Waals surface area contributed by atoms with Crippen LogP contribution in [0, 0.1) is 0 Å². The SMILES string of the molecule is CCn1cc(-c2ccnc(Cc3ccc(OC4CCNCC4F)cc3)n2)c(-c2cccnc2)n1. The zero-order valence-corrected chi connectivity index (χ0v) is 19.1. The second-order valence-electron chi connectivity index (χ2n) is 8.33. The third kappa shape index (κ3) is 4.97. The van der Waals surface area contributed by atoms with E-state index in [9.17, 15) is 4.39 Å². The van der Waals surface area contributed by atoms with E-state index in [0.29, 0.717) is 25.1 Å². The third-order valence-corrected chi connectivity index (χ3v) is 5.92. The molecule has 8 heteroatoms. The van der Waals surface area contributed by atoms with Gasteiger partial charge in [0.15, 0.2) is 0 Å². The molecular weight excluding hydrogens is 431 g/mol. The highest BCUT2D eigenvalue weighted by Gasteiger charge is 2.26. The number of aromatic nitrogens is 5. The molecule has 1 N–H and O–H groups in total. The molecule has 1 aromatic carbocycles. The topological polar surface area (TPSA) is 77.8 Å². The van der Waals surface area contributed by atoms with Crippen LogP contribution in [0.4, 0.5) is 4.39 Å². The van der Waals surface area contributed by atoms with Gasteiger partial charge < -0.3 is 10.1 Å². The molecule has 0 amide bonds. The molecule has 5 rings (SSSR count). The highest BCUT2D eigenvalue weighted by atomic mass is 19.1. The zero-order chi connectivity index (χ0) is 23.3. The lowest BCUT2D eigenvalue weighted by molar-refractivity contribution is 0.0731. The summed E-state index contributed by atoms with van der Waals surface area (Å²) in [7, 11) is 0. The normalized spacial score (nSPS) is 18.1. The van der Waals surface area contributed by atoms with Gasteiger partial charge in [0.1, 0.15) is 29.5 Å². The molecule has 2 unspecified atom stereocenters. The molecule has 0 spiro atoms. The number of nitrogens with zero attached hydrogens (tertiary/aromatic N) is 5. The Morgan fingerprint density at radius 2 is 2.03 bits per heavy atom. The van der Waals surface area contributed by atoms with Gasteiger partial charge in [0.25, 0.3) is 0 Å². The number of halogens is 1. The summed E-state index contributed by atoms with van der Waals surface area (Å²) in [4.78, 5) is 13.5. The van der Waals surface area contributed by atoms with E-state index in [4.69, 9.17) is 14.8 Å². The fourth-order valence-corrected chi connectivity index (χ4v) is 4.09. The largest absolute Gasteiger partial charge is 0.487 e. The summed E-state index contributed by atoms with van der Waals surface area (Å²) in [5.74, 6) is 1.40. The number of pyridine rings is 1. The van der Waals surface area contributed by atoms with Crippen molar-refractivity contribution in [3.8, 4) is 28.3 Å². The van der Waals surface area contributed by atoms with E-state index in [1.807, 2.05) is 59.5 Å². The van der Waals surface area contributed by atoms with Gasteiger partial charge in [0, 0.05) is 55.4 Å². The lowest BCUT2D eigenvalue weighted by Crippen LogP contribution is -2.44. The van der Waals surface area contributed by atoms with E-state index < -0.39 is 12.3 Å². The van der Waals surface area contributed by atoms with Crippen molar-refractivity contribution in [1.82, 2.24) is 30.0 Å². The Morgan fingerprint density at radius 1 is 1.15 bits per heavy atom. The molecular formula is C26H27FN6O. The predicted molar refractivity (Wildman–Crippen MR) is 128 cm³/mol. The van der Waals surface area contributed by atoms with Gasteiger partial charge >= 0.3 is 0 Å². The minimum atomic E-state index is -0.988. The Labute approximate surface area is 198 Å². The molecule has 0 bridgehead atoms. The Kier molecular flexibility index (Phi) is 6.58. The molecule has 34 heavy (non-hydrogen) atoms. The van der Waals surface area contributed by atoms with Crippen LogP contribution in [0.25, 0.3) is 22.5 Å². The number of hydrogen-bond acceptors (Lipinski definition) is 6. The molecule has 0 aliphatic carbocycles. The molecule has 1 saturated heterocycles. The first-order chi connectivity index (χ1) is 16.7. The van der Waals surface area contributed by atoms with Crippen molar-refractivity contribution in [2.45, 2.75) is 38.6 Å². The number of alkyl halides is 1. The van der Waals surface area contributed by atoms with Gasteiger partial charge in [-0.25, -0.2) is 14.4 Å². The average molecular weight is 459 g/mol. The van der Waals surface area contributed by atoms with Gasteiger partial charge in [-0.3, -0.25) is 9.67 Å². The van der Waals surface area contributed by atoms with Crippen molar-refractivity contribution in [3.05, 3.63) is 78.6 Å². The van der Waals surface area contributed by atoms with Gasteiger partial charge in [0.2, 0.25) is 0 Å². The summed E-state index contributed by atoms with van der Waals surface area (Å²) < 4.78 is 21.8. The molecule has 4 aromatic rings. The van der Waals surface area contributed by atoms with Crippen LogP contribution >= 0.6 is 0 Å². The van der Waals surface area contributed by atoms with Gasteiger partial charge in [-0.1, -0.05) is 12.1 Å². The number of ether oxygens (including phenoxy) is 1. The number of rotatable bonds is 7. The fraction of sp³-hybridized carbons (Fsp3) is 0.308. The molecule has 4 heterocycles. The van der Waals surface area contributed by atoms with Crippen molar-refractivity contribution in [3.63, 3.8) is 0 Å². The molecule has 174 valence electrons. The first kappa shape index (κ1) is 22.2. The van der Waals surface area contributed by atoms with Crippen LogP contribution in [0.3, 0.4) is 0 Å². The van der Waals surface area contributed by atoms with Crippen molar-refractivity contribution >= 4 is 0 Å². The fourth-order valence-electron chi connectivity index (χ4n) is 4.09. The molecule has 1 aliphatic rings. The summed E-state index contributed by atoms with van der Waals surface area (Å²) in [5, 5.41) is 7.77. The van der Waals surface area contributed by atoms with E-state index in [1.54, 1.807) is 12.4 Å². The minimum absolute atomic E-state index is 0.343. The summed E-state index contributed by atoms with van der Waals surface area (Å²) in [5.41, 5.74) is 4.63.